The van der Waals surface area contributed by atoms with Gasteiger partial charge in [0.05, 0.1) is 0 Å². The number of nitrogens with one attached hydrogen (secondary N) is 1. The van der Waals surface area contributed by atoms with E-state index in [1.165, 1.54) is 0 Å². The second-order valence-corrected chi connectivity index (χ2v) is 4.90. The fourth-order valence-corrected chi connectivity index (χ4v) is 1.83. The van der Waals surface area contributed by atoms with Crippen LogP contribution in [0.25, 0.3) is 0 Å². The fourth-order valence-electron chi connectivity index (χ4n) is 1.70. The van der Waals surface area contributed by atoms with E-state index >= 15 is 0 Å². The van der Waals surface area contributed by atoms with Gasteiger partial charge in [-0.3, -0.25) is 4.98 Å². The van der Waals surface area contributed by atoms with E-state index in [0.717, 1.165) is 17.7 Å². The van der Waals surface area contributed by atoms with Gasteiger partial charge in [0.25, 0.3) is 0 Å². The van der Waals surface area contributed by atoms with E-state index in [0.29, 0.717) is 11.6 Å². The Hall–Kier alpha value is -2.07. The molecule has 0 atom stereocenters. The molecule has 0 saturated carbocycles. The molecule has 2 rings (SSSR count). The number of halogens is 1. The highest BCUT2D eigenvalue weighted by molar-refractivity contribution is 6.30. The minimum Gasteiger partial charge on any atom is -0.327 e. The molecule has 5 heteroatoms. The van der Waals surface area contributed by atoms with Gasteiger partial charge >= 0.3 is 6.03 Å². The number of carbonyl (C=O) groups is 1. The molecule has 0 aliphatic heterocycles. The molecule has 0 fully saturated rings. The fraction of sp³-hybridized carbons (Fsp3) is 0.200. The highest BCUT2D eigenvalue weighted by Gasteiger charge is 2.08. The normalized spacial score (nSPS) is 10.1. The first-order valence-corrected chi connectivity index (χ1v) is 6.69. The van der Waals surface area contributed by atoms with E-state index in [2.05, 4.69) is 10.3 Å². The molecule has 104 valence electrons. The first-order chi connectivity index (χ1) is 9.65. The third-order valence-corrected chi connectivity index (χ3v) is 3.18. The number of benzene rings is 1. The van der Waals surface area contributed by atoms with Gasteiger partial charge in [0.1, 0.15) is 0 Å². The van der Waals surface area contributed by atoms with Crippen LogP contribution >= 0.6 is 11.6 Å². The van der Waals surface area contributed by atoms with Gasteiger partial charge in [-0.1, -0.05) is 11.6 Å². The van der Waals surface area contributed by atoms with Crippen molar-refractivity contribution in [3.8, 4) is 0 Å². The van der Waals surface area contributed by atoms with Crippen LogP contribution in [-0.4, -0.2) is 29.5 Å². The van der Waals surface area contributed by atoms with Crippen LogP contribution in [0.15, 0.2) is 48.8 Å². The summed E-state index contributed by atoms with van der Waals surface area (Å²) in [6, 6.07) is 10.8. The molecule has 0 spiro atoms. The average Bonchev–Trinajstić information content (AvgIpc) is 2.48. The summed E-state index contributed by atoms with van der Waals surface area (Å²) in [6.07, 6.45) is 4.30. The second-order valence-electron chi connectivity index (χ2n) is 4.46. The predicted octanol–water partition coefficient (Wildman–Crippen LogP) is 3.44. The van der Waals surface area contributed by atoms with E-state index in [-0.39, 0.29) is 6.03 Å². The molecule has 1 aromatic carbocycles. The zero-order valence-corrected chi connectivity index (χ0v) is 12.0. The zero-order valence-electron chi connectivity index (χ0n) is 11.2. The molecule has 0 bridgehead atoms. The molecule has 0 aliphatic rings. The van der Waals surface area contributed by atoms with E-state index in [1.54, 1.807) is 48.6 Å². The smallest absolute Gasteiger partial charge is 0.321 e. The molecule has 4 nitrogen and oxygen atoms in total. The molecule has 1 heterocycles. The second kappa shape index (κ2) is 6.91. The van der Waals surface area contributed by atoms with Gasteiger partial charge in [0.15, 0.2) is 0 Å². The van der Waals surface area contributed by atoms with E-state index < -0.39 is 0 Å². The van der Waals surface area contributed by atoms with Crippen LogP contribution in [0, 0.1) is 0 Å². The Morgan fingerprint density at radius 1 is 1.20 bits per heavy atom. The summed E-state index contributed by atoms with van der Waals surface area (Å²) < 4.78 is 0. The molecule has 0 unspecified atom stereocenters. The topological polar surface area (TPSA) is 45.2 Å². The molecule has 1 N–H and O–H groups in total. The number of rotatable bonds is 4. The predicted molar refractivity (Wildman–Crippen MR) is 81.0 cm³/mol. The van der Waals surface area contributed by atoms with Crippen molar-refractivity contribution in [3.05, 3.63) is 59.4 Å². The first-order valence-electron chi connectivity index (χ1n) is 6.32. The number of hydrogen-bond acceptors (Lipinski definition) is 2. The standard InChI is InChI=1S/C15H16ClN3O/c1-19(11-8-12-6-9-17-10-7-12)15(20)18-14-4-2-13(16)3-5-14/h2-7,9-10H,8,11H2,1H3,(H,18,20). The molecule has 20 heavy (non-hydrogen) atoms. The number of carbonyl (C=O) groups excluding carboxylic acids is 1. The Kier molecular flexibility index (Phi) is 4.96. The quantitative estimate of drug-likeness (QED) is 0.937. The lowest BCUT2D eigenvalue weighted by Crippen LogP contribution is -2.32. The number of pyridine rings is 1. The summed E-state index contributed by atoms with van der Waals surface area (Å²) in [5.74, 6) is 0. The number of nitrogens with zero attached hydrogens (tertiary/aromatic N) is 2. The summed E-state index contributed by atoms with van der Waals surface area (Å²) in [5, 5.41) is 3.47. The van der Waals surface area contributed by atoms with Crippen LogP contribution in [-0.2, 0) is 6.42 Å². The van der Waals surface area contributed by atoms with Gasteiger partial charge in [-0.15, -0.1) is 0 Å². The number of likely N-dealkylation sites (N-methyl/N-ethyl adjacent to an activating group) is 1. The van der Waals surface area contributed by atoms with Gasteiger partial charge in [-0.25, -0.2) is 4.79 Å². The maximum Gasteiger partial charge on any atom is 0.321 e. The van der Waals surface area contributed by atoms with Gasteiger partial charge in [0.2, 0.25) is 0 Å². The lowest BCUT2D eigenvalue weighted by atomic mass is 10.2. The Bertz CT molecular complexity index is 557. The highest BCUT2D eigenvalue weighted by atomic mass is 35.5. The molecule has 0 radical (unpaired) electrons. The lowest BCUT2D eigenvalue weighted by Gasteiger charge is -2.18. The Morgan fingerprint density at radius 2 is 1.85 bits per heavy atom. The molecule has 1 aromatic heterocycles. The summed E-state index contributed by atoms with van der Waals surface area (Å²) >= 11 is 5.80. The van der Waals surface area contributed by atoms with Crippen molar-refractivity contribution in [1.29, 1.82) is 0 Å². The van der Waals surface area contributed by atoms with Gasteiger partial charge in [-0.2, -0.15) is 0 Å². The lowest BCUT2D eigenvalue weighted by molar-refractivity contribution is 0.223. The van der Waals surface area contributed by atoms with Crippen LogP contribution in [0.2, 0.25) is 5.02 Å². The van der Waals surface area contributed by atoms with Crippen LogP contribution < -0.4 is 5.32 Å². The zero-order chi connectivity index (χ0) is 14.4. The van der Waals surface area contributed by atoms with E-state index in [9.17, 15) is 4.79 Å². The van der Waals surface area contributed by atoms with E-state index in [4.69, 9.17) is 11.6 Å². The Morgan fingerprint density at radius 3 is 2.50 bits per heavy atom. The van der Waals surface area contributed by atoms with Crippen molar-refractivity contribution >= 4 is 23.3 Å². The molecule has 2 amide bonds. The van der Waals surface area contributed by atoms with Crippen molar-refractivity contribution < 1.29 is 4.79 Å². The van der Waals surface area contributed by atoms with Crippen LogP contribution in [0.1, 0.15) is 5.56 Å². The minimum atomic E-state index is -0.138. The number of anilines is 1. The first kappa shape index (κ1) is 14.3. The SMILES string of the molecule is CN(CCc1ccncc1)C(=O)Nc1ccc(Cl)cc1. The maximum absolute atomic E-state index is 12.0. The third kappa shape index (κ3) is 4.24. The van der Waals surface area contributed by atoms with Crippen molar-refractivity contribution in [2.24, 2.45) is 0 Å². The molecular formula is C15H16ClN3O. The molecular weight excluding hydrogens is 274 g/mol. The summed E-state index contributed by atoms with van der Waals surface area (Å²) in [6.45, 7) is 0.642. The summed E-state index contributed by atoms with van der Waals surface area (Å²) in [5.41, 5.74) is 1.89. The number of amides is 2. The molecule has 0 saturated heterocycles. The Labute approximate surface area is 123 Å². The average molecular weight is 290 g/mol. The number of urea groups is 1. The van der Waals surface area contributed by atoms with Crippen molar-refractivity contribution in [1.82, 2.24) is 9.88 Å². The Balaban J connectivity index is 1.84. The van der Waals surface area contributed by atoms with Gasteiger partial charge < -0.3 is 10.2 Å². The third-order valence-electron chi connectivity index (χ3n) is 2.93. The molecule has 0 aliphatic carbocycles. The number of hydrogen-bond donors (Lipinski definition) is 1. The van der Waals surface area contributed by atoms with Crippen LogP contribution in [0.3, 0.4) is 0 Å². The van der Waals surface area contributed by atoms with Gasteiger partial charge in [-0.05, 0) is 48.4 Å². The van der Waals surface area contributed by atoms with Crippen molar-refractivity contribution in [2.45, 2.75) is 6.42 Å². The van der Waals surface area contributed by atoms with Crippen molar-refractivity contribution in [2.75, 3.05) is 18.9 Å². The van der Waals surface area contributed by atoms with Crippen LogP contribution in [0.4, 0.5) is 10.5 Å². The maximum atomic E-state index is 12.0. The van der Waals surface area contributed by atoms with Crippen LogP contribution in [0.5, 0.6) is 0 Å². The largest absolute Gasteiger partial charge is 0.327 e. The van der Waals surface area contributed by atoms with Crippen molar-refractivity contribution in [3.63, 3.8) is 0 Å². The summed E-state index contributed by atoms with van der Waals surface area (Å²) in [7, 11) is 1.77. The minimum absolute atomic E-state index is 0.138. The summed E-state index contributed by atoms with van der Waals surface area (Å²) in [4.78, 5) is 17.6. The van der Waals surface area contributed by atoms with E-state index in [1.807, 2.05) is 12.1 Å². The highest BCUT2D eigenvalue weighted by Crippen LogP contribution is 2.13. The van der Waals surface area contributed by atoms with Gasteiger partial charge in [0, 0.05) is 36.7 Å². The molecule has 2 aromatic rings. The number of aromatic nitrogens is 1. The monoisotopic (exact) mass is 289 g/mol.